The number of pyridine rings is 1. The lowest BCUT2D eigenvalue weighted by Gasteiger charge is -2.24. The van der Waals surface area contributed by atoms with Crippen molar-refractivity contribution >= 4 is 11.7 Å². The molecule has 0 aliphatic carbocycles. The van der Waals surface area contributed by atoms with Crippen LogP contribution in [0, 0.1) is 5.92 Å². The zero-order valence-corrected chi connectivity index (χ0v) is 11.6. The SMILES string of the molecule is NCc1ccc(NC(=O)C2COc3ccccc3C2)nc1. The first-order valence-corrected chi connectivity index (χ1v) is 6.93. The van der Waals surface area contributed by atoms with Crippen LogP contribution in [0.3, 0.4) is 0 Å². The molecule has 5 nitrogen and oxygen atoms in total. The van der Waals surface area contributed by atoms with Gasteiger partial charge in [0.1, 0.15) is 18.2 Å². The molecule has 3 rings (SSSR count). The van der Waals surface area contributed by atoms with Gasteiger partial charge in [-0.15, -0.1) is 0 Å². The van der Waals surface area contributed by atoms with Gasteiger partial charge >= 0.3 is 0 Å². The summed E-state index contributed by atoms with van der Waals surface area (Å²) in [6.07, 6.45) is 2.35. The average molecular weight is 283 g/mol. The van der Waals surface area contributed by atoms with E-state index in [1.807, 2.05) is 30.3 Å². The van der Waals surface area contributed by atoms with Gasteiger partial charge in [0, 0.05) is 12.7 Å². The number of hydrogen-bond donors (Lipinski definition) is 2. The van der Waals surface area contributed by atoms with E-state index < -0.39 is 0 Å². The third kappa shape index (κ3) is 3.03. The van der Waals surface area contributed by atoms with E-state index in [1.54, 1.807) is 12.3 Å². The minimum absolute atomic E-state index is 0.0718. The summed E-state index contributed by atoms with van der Waals surface area (Å²) < 4.78 is 5.63. The smallest absolute Gasteiger partial charge is 0.232 e. The molecule has 0 fully saturated rings. The highest BCUT2D eigenvalue weighted by molar-refractivity contribution is 5.92. The summed E-state index contributed by atoms with van der Waals surface area (Å²) in [5.41, 5.74) is 7.52. The molecule has 3 N–H and O–H groups in total. The van der Waals surface area contributed by atoms with Gasteiger partial charge in [-0.2, -0.15) is 0 Å². The van der Waals surface area contributed by atoms with Crippen molar-refractivity contribution in [3.8, 4) is 5.75 Å². The molecule has 1 aliphatic rings. The maximum Gasteiger partial charge on any atom is 0.232 e. The number of para-hydroxylation sites is 1. The number of nitrogens with one attached hydrogen (secondary N) is 1. The third-order valence-corrected chi connectivity index (χ3v) is 3.56. The van der Waals surface area contributed by atoms with Crippen molar-refractivity contribution in [1.82, 2.24) is 4.98 Å². The monoisotopic (exact) mass is 283 g/mol. The molecule has 0 bridgehead atoms. The van der Waals surface area contributed by atoms with Crippen LogP contribution in [0.1, 0.15) is 11.1 Å². The Morgan fingerprint density at radius 1 is 1.33 bits per heavy atom. The summed E-state index contributed by atoms with van der Waals surface area (Å²) in [7, 11) is 0. The average Bonchev–Trinajstić information content (AvgIpc) is 2.55. The van der Waals surface area contributed by atoms with Crippen LogP contribution in [0.25, 0.3) is 0 Å². The Labute approximate surface area is 123 Å². The molecule has 0 saturated heterocycles. The summed E-state index contributed by atoms with van der Waals surface area (Å²) >= 11 is 0. The summed E-state index contributed by atoms with van der Waals surface area (Å²) in [4.78, 5) is 16.5. The first-order chi connectivity index (χ1) is 10.3. The van der Waals surface area contributed by atoms with Gasteiger partial charge in [-0.25, -0.2) is 4.98 Å². The Hall–Kier alpha value is -2.40. The zero-order valence-electron chi connectivity index (χ0n) is 11.6. The highest BCUT2D eigenvalue weighted by Gasteiger charge is 2.25. The standard InChI is InChI=1S/C16H17N3O2/c17-8-11-5-6-15(18-9-11)19-16(20)13-7-12-3-1-2-4-14(12)21-10-13/h1-6,9,13H,7-8,10,17H2,(H,18,19,20). The number of carbonyl (C=O) groups is 1. The minimum atomic E-state index is -0.198. The van der Waals surface area contributed by atoms with Crippen LogP contribution in [0.15, 0.2) is 42.6 Å². The minimum Gasteiger partial charge on any atom is -0.492 e. The molecule has 1 aliphatic heterocycles. The van der Waals surface area contributed by atoms with Gasteiger partial charge in [0.05, 0.1) is 5.92 Å². The molecular formula is C16H17N3O2. The van der Waals surface area contributed by atoms with E-state index in [-0.39, 0.29) is 11.8 Å². The molecule has 21 heavy (non-hydrogen) atoms. The summed E-state index contributed by atoms with van der Waals surface area (Å²) in [6.45, 7) is 0.832. The number of ether oxygens (including phenoxy) is 1. The van der Waals surface area contributed by atoms with Crippen LogP contribution in [-0.2, 0) is 17.8 Å². The normalized spacial score (nSPS) is 16.7. The Morgan fingerprint density at radius 2 is 2.19 bits per heavy atom. The first-order valence-electron chi connectivity index (χ1n) is 6.93. The number of nitrogens with zero attached hydrogens (tertiary/aromatic N) is 1. The van der Waals surface area contributed by atoms with Crippen LogP contribution in [0.5, 0.6) is 5.75 Å². The van der Waals surface area contributed by atoms with Gasteiger partial charge in [-0.3, -0.25) is 4.79 Å². The van der Waals surface area contributed by atoms with E-state index in [1.165, 1.54) is 0 Å². The highest BCUT2D eigenvalue weighted by atomic mass is 16.5. The predicted octanol–water partition coefficient (Wildman–Crippen LogP) is 1.73. The predicted molar refractivity (Wildman–Crippen MR) is 79.9 cm³/mol. The lowest BCUT2D eigenvalue weighted by molar-refractivity contribution is -0.121. The zero-order chi connectivity index (χ0) is 14.7. The van der Waals surface area contributed by atoms with Crippen molar-refractivity contribution in [3.63, 3.8) is 0 Å². The quantitative estimate of drug-likeness (QED) is 0.899. The maximum absolute atomic E-state index is 12.3. The molecule has 1 aromatic heterocycles. The molecule has 108 valence electrons. The molecule has 1 atom stereocenters. The van der Waals surface area contributed by atoms with Crippen LogP contribution in [0.2, 0.25) is 0 Å². The van der Waals surface area contributed by atoms with Crippen LogP contribution >= 0.6 is 0 Å². The molecule has 1 aromatic carbocycles. The second-order valence-electron chi connectivity index (χ2n) is 5.06. The lowest BCUT2D eigenvalue weighted by atomic mass is 9.96. The summed E-state index contributed by atoms with van der Waals surface area (Å²) in [6, 6.07) is 11.4. The van der Waals surface area contributed by atoms with Gasteiger partial charge in [-0.05, 0) is 29.7 Å². The summed E-state index contributed by atoms with van der Waals surface area (Å²) in [5, 5.41) is 2.82. The molecular weight excluding hydrogens is 266 g/mol. The number of amides is 1. The second kappa shape index (κ2) is 5.93. The van der Waals surface area contributed by atoms with Crippen molar-refractivity contribution in [2.45, 2.75) is 13.0 Å². The molecule has 0 spiro atoms. The van der Waals surface area contributed by atoms with Gasteiger partial charge in [0.25, 0.3) is 0 Å². The maximum atomic E-state index is 12.3. The van der Waals surface area contributed by atoms with Crippen LogP contribution < -0.4 is 15.8 Å². The molecule has 0 radical (unpaired) electrons. The highest BCUT2D eigenvalue weighted by Crippen LogP contribution is 2.27. The van der Waals surface area contributed by atoms with E-state index in [0.29, 0.717) is 25.4 Å². The Kier molecular flexibility index (Phi) is 3.83. The molecule has 5 heteroatoms. The van der Waals surface area contributed by atoms with Crippen LogP contribution in [-0.4, -0.2) is 17.5 Å². The van der Waals surface area contributed by atoms with Crippen molar-refractivity contribution in [2.75, 3.05) is 11.9 Å². The molecule has 2 heterocycles. The van der Waals surface area contributed by atoms with Crippen molar-refractivity contribution in [1.29, 1.82) is 0 Å². The number of fused-ring (bicyclic) bond motifs is 1. The van der Waals surface area contributed by atoms with Crippen molar-refractivity contribution in [2.24, 2.45) is 11.7 Å². The molecule has 1 unspecified atom stereocenters. The Balaban J connectivity index is 1.66. The van der Waals surface area contributed by atoms with Crippen molar-refractivity contribution < 1.29 is 9.53 Å². The number of carbonyl (C=O) groups excluding carboxylic acids is 1. The van der Waals surface area contributed by atoms with Gasteiger partial charge in [0.2, 0.25) is 5.91 Å². The van der Waals surface area contributed by atoms with Gasteiger partial charge < -0.3 is 15.8 Å². The largest absolute Gasteiger partial charge is 0.492 e. The lowest BCUT2D eigenvalue weighted by Crippen LogP contribution is -2.32. The second-order valence-corrected chi connectivity index (χ2v) is 5.06. The fourth-order valence-corrected chi connectivity index (χ4v) is 2.34. The van der Waals surface area contributed by atoms with Crippen LogP contribution in [0.4, 0.5) is 5.82 Å². The molecule has 2 aromatic rings. The van der Waals surface area contributed by atoms with E-state index in [9.17, 15) is 4.79 Å². The van der Waals surface area contributed by atoms with E-state index in [4.69, 9.17) is 10.5 Å². The number of anilines is 1. The number of nitrogens with two attached hydrogens (primary N) is 1. The topological polar surface area (TPSA) is 77.2 Å². The molecule has 0 saturated carbocycles. The van der Waals surface area contributed by atoms with Gasteiger partial charge in [-0.1, -0.05) is 24.3 Å². The first kappa shape index (κ1) is 13.6. The number of benzene rings is 1. The number of rotatable bonds is 3. The summed E-state index contributed by atoms with van der Waals surface area (Å²) in [5.74, 6) is 1.14. The fourth-order valence-electron chi connectivity index (χ4n) is 2.34. The fraction of sp³-hybridized carbons (Fsp3) is 0.250. The van der Waals surface area contributed by atoms with E-state index in [0.717, 1.165) is 16.9 Å². The van der Waals surface area contributed by atoms with Crippen molar-refractivity contribution in [3.05, 3.63) is 53.7 Å². The number of aromatic nitrogens is 1. The third-order valence-electron chi connectivity index (χ3n) is 3.56. The van der Waals surface area contributed by atoms with Gasteiger partial charge in [0.15, 0.2) is 0 Å². The van der Waals surface area contributed by atoms with E-state index >= 15 is 0 Å². The Bertz CT molecular complexity index is 640. The number of hydrogen-bond acceptors (Lipinski definition) is 4. The Morgan fingerprint density at radius 3 is 2.95 bits per heavy atom. The molecule has 1 amide bonds. The van der Waals surface area contributed by atoms with E-state index in [2.05, 4.69) is 10.3 Å².